The van der Waals surface area contributed by atoms with E-state index in [4.69, 9.17) is 16.3 Å². The number of carbonyl (C=O) groups is 1. The molecule has 1 fully saturated rings. The highest BCUT2D eigenvalue weighted by molar-refractivity contribution is 6.17. The molecule has 16 heavy (non-hydrogen) atoms. The molecule has 0 aromatic carbocycles. The van der Waals surface area contributed by atoms with Gasteiger partial charge in [0.2, 0.25) is 5.91 Å². The SMILES string of the molecule is CC(C)CC(=O)N1CCC(OCCCl)CC1. The predicted molar refractivity (Wildman–Crippen MR) is 65.7 cm³/mol. The Morgan fingerprint density at radius 3 is 2.56 bits per heavy atom. The van der Waals surface area contributed by atoms with Crippen molar-refractivity contribution in [3.63, 3.8) is 0 Å². The van der Waals surface area contributed by atoms with Crippen molar-refractivity contribution in [2.24, 2.45) is 5.92 Å². The first-order chi connectivity index (χ1) is 7.63. The second-order valence-corrected chi connectivity index (χ2v) is 5.12. The summed E-state index contributed by atoms with van der Waals surface area (Å²) >= 11 is 5.57. The third-order valence-electron chi connectivity index (χ3n) is 2.81. The first kappa shape index (κ1) is 13.8. The first-order valence-electron chi connectivity index (χ1n) is 6.08. The van der Waals surface area contributed by atoms with Gasteiger partial charge in [-0.1, -0.05) is 13.8 Å². The summed E-state index contributed by atoms with van der Waals surface area (Å²) in [6.07, 6.45) is 2.84. The van der Waals surface area contributed by atoms with Gasteiger partial charge < -0.3 is 9.64 Å². The van der Waals surface area contributed by atoms with E-state index in [1.165, 1.54) is 0 Å². The number of amides is 1. The van der Waals surface area contributed by atoms with Crippen LogP contribution in [0.3, 0.4) is 0 Å². The molecule has 0 aromatic heterocycles. The summed E-state index contributed by atoms with van der Waals surface area (Å²) in [5.74, 6) is 1.27. The van der Waals surface area contributed by atoms with E-state index in [0.717, 1.165) is 25.9 Å². The number of likely N-dealkylation sites (tertiary alicyclic amines) is 1. The largest absolute Gasteiger partial charge is 0.377 e. The standard InChI is InChI=1S/C12H22ClNO2/c1-10(2)9-12(15)14-6-3-11(4-7-14)16-8-5-13/h10-11H,3-9H2,1-2H3. The van der Waals surface area contributed by atoms with Crippen molar-refractivity contribution in [1.82, 2.24) is 4.90 Å². The molecule has 0 aromatic rings. The molecule has 1 rings (SSSR count). The minimum atomic E-state index is 0.283. The number of nitrogens with zero attached hydrogens (tertiary/aromatic N) is 1. The van der Waals surface area contributed by atoms with Crippen LogP contribution in [0, 0.1) is 5.92 Å². The highest BCUT2D eigenvalue weighted by atomic mass is 35.5. The fraction of sp³-hybridized carbons (Fsp3) is 0.917. The normalized spacial score (nSPS) is 18.1. The average Bonchev–Trinajstić information content (AvgIpc) is 2.26. The summed E-state index contributed by atoms with van der Waals surface area (Å²) in [7, 11) is 0. The number of carbonyl (C=O) groups excluding carboxylic acids is 1. The molecule has 0 aliphatic carbocycles. The molecule has 0 saturated carbocycles. The molecule has 0 radical (unpaired) electrons. The monoisotopic (exact) mass is 247 g/mol. The third-order valence-corrected chi connectivity index (χ3v) is 2.96. The summed E-state index contributed by atoms with van der Waals surface area (Å²) in [5, 5.41) is 0. The molecule has 0 spiro atoms. The lowest BCUT2D eigenvalue weighted by molar-refractivity contribution is -0.134. The Kier molecular flexibility index (Phi) is 6.14. The zero-order valence-electron chi connectivity index (χ0n) is 10.2. The van der Waals surface area contributed by atoms with Crippen LogP contribution in [0.4, 0.5) is 0 Å². The van der Waals surface area contributed by atoms with E-state index in [2.05, 4.69) is 13.8 Å². The minimum absolute atomic E-state index is 0.283. The predicted octanol–water partition coefficient (Wildman–Crippen LogP) is 2.28. The van der Waals surface area contributed by atoms with E-state index in [1.807, 2.05) is 4.90 Å². The number of alkyl halides is 1. The van der Waals surface area contributed by atoms with Crippen molar-refractivity contribution >= 4 is 17.5 Å². The van der Waals surface area contributed by atoms with Crippen molar-refractivity contribution in [1.29, 1.82) is 0 Å². The Bertz CT molecular complexity index is 213. The topological polar surface area (TPSA) is 29.5 Å². The third kappa shape index (κ3) is 4.71. The highest BCUT2D eigenvalue weighted by Gasteiger charge is 2.23. The van der Waals surface area contributed by atoms with Crippen LogP contribution >= 0.6 is 11.6 Å². The van der Waals surface area contributed by atoms with Crippen LogP contribution in [0.25, 0.3) is 0 Å². The van der Waals surface area contributed by atoms with Crippen LogP contribution in [-0.4, -0.2) is 42.5 Å². The summed E-state index contributed by atoms with van der Waals surface area (Å²) in [6.45, 7) is 6.44. The number of hydrogen-bond acceptors (Lipinski definition) is 2. The Morgan fingerprint density at radius 2 is 2.06 bits per heavy atom. The van der Waals surface area contributed by atoms with Gasteiger partial charge in [0, 0.05) is 25.4 Å². The van der Waals surface area contributed by atoms with E-state index < -0.39 is 0 Å². The Labute approximate surface area is 103 Å². The number of hydrogen-bond donors (Lipinski definition) is 0. The molecule has 1 heterocycles. The summed E-state index contributed by atoms with van der Waals surface area (Å²) in [5.41, 5.74) is 0. The second-order valence-electron chi connectivity index (χ2n) is 4.74. The van der Waals surface area contributed by atoms with Gasteiger partial charge in [0.1, 0.15) is 0 Å². The van der Waals surface area contributed by atoms with Crippen LogP contribution in [0.5, 0.6) is 0 Å². The molecule has 3 nitrogen and oxygen atoms in total. The maximum atomic E-state index is 11.8. The number of rotatable bonds is 5. The molecule has 1 aliphatic heterocycles. The van der Waals surface area contributed by atoms with Gasteiger partial charge in [-0.3, -0.25) is 4.79 Å². The highest BCUT2D eigenvalue weighted by Crippen LogP contribution is 2.15. The maximum absolute atomic E-state index is 11.8. The van der Waals surface area contributed by atoms with Crippen molar-refractivity contribution in [3.05, 3.63) is 0 Å². The zero-order valence-corrected chi connectivity index (χ0v) is 11.0. The van der Waals surface area contributed by atoms with E-state index in [-0.39, 0.29) is 5.91 Å². The number of piperidine rings is 1. The van der Waals surface area contributed by atoms with Crippen LogP contribution in [0.2, 0.25) is 0 Å². The summed E-state index contributed by atoms with van der Waals surface area (Å²) in [4.78, 5) is 13.8. The van der Waals surface area contributed by atoms with Crippen LogP contribution < -0.4 is 0 Å². The maximum Gasteiger partial charge on any atom is 0.222 e. The molecule has 1 saturated heterocycles. The van der Waals surface area contributed by atoms with Crippen molar-refractivity contribution in [2.45, 2.75) is 39.2 Å². The fourth-order valence-corrected chi connectivity index (χ4v) is 2.05. The molecule has 4 heteroatoms. The average molecular weight is 248 g/mol. The van der Waals surface area contributed by atoms with Crippen LogP contribution in [0.1, 0.15) is 33.1 Å². The van der Waals surface area contributed by atoms with Crippen molar-refractivity contribution in [3.8, 4) is 0 Å². The molecule has 0 N–H and O–H groups in total. The van der Waals surface area contributed by atoms with Crippen LogP contribution in [0.15, 0.2) is 0 Å². The van der Waals surface area contributed by atoms with Gasteiger partial charge in [-0.15, -0.1) is 11.6 Å². The van der Waals surface area contributed by atoms with Gasteiger partial charge in [-0.2, -0.15) is 0 Å². The van der Waals surface area contributed by atoms with Crippen molar-refractivity contribution in [2.75, 3.05) is 25.6 Å². The molecule has 1 aliphatic rings. The number of halogens is 1. The first-order valence-corrected chi connectivity index (χ1v) is 6.62. The quantitative estimate of drug-likeness (QED) is 0.698. The Balaban J connectivity index is 2.23. The van der Waals surface area contributed by atoms with Crippen molar-refractivity contribution < 1.29 is 9.53 Å². The van der Waals surface area contributed by atoms with Gasteiger partial charge in [-0.05, 0) is 18.8 Å². The molecule has 94 valence electrons. The van der Waals surface area contributed by atoms with Gasteiger partial charge in [0.15, 0.2) is 0 Å². The smallest absolute Gasteiger partial charge is 0.222 e. The van der Waals surface area contributed by atoms with Gasteiger partial charge in [0.25, 0.3) is 0 Å². The van der Waals surface area contributed by atoms with Crippen LogP contribution in [-0.2, 0) is 9.53 Å². The molecule has 0 unspecified atom stereocenters. The lowest BCUT2D eigenvalue weighted by atomic mass is 10.1. The van der Waals surface area contributed by atoms with Gasteiger partial charge in [0.05, 0.1) is 12.7 Å². The van der Waals surface area contributed by atoms with E-state index >= 15 is 0 Å². The van der Waals surface area contributed by atoms with E-state index in [1.54, 1.807) is 0 Å². The summed E-state index contributed by atoms with van der Waals surface area (Å²) < 4.78 is 5.57. The summed E-state index contributed by atoms with van der Waals surface area (Å²) in [6, 6.07) is 0. The second kappa shape index (κ2) is 7.13. The molecule has 0 atom stereocenters. The molecular formula is C12H22ClNO2. The van der Waals surface area contributed by atoms with Gasteiger partial charge in [-0.25, -0.2) is 0 Å². The molecular weight excluding hydrogens is 226 g/mol. The zero-order chi connectivity index (χ0) is 12.0. The minimum Gasteiger partial charge on any atom is -0.377 e. The van der Waals surface area contributed by atoms with E-state index in [9.17, 15) is 4.79 Å². The van der Waals surface area contributed by atoms with Gasteiger partial charge >= 0.3 is 0 Å². The molecule has 0 bridgehead atoms. The molecule has 1 amide bonds. The van der Waals surface area contributed by atoms with E-state index in [0.29, 0.717) is 30.9 Å². The fourth-order valence-electron chi connectivity index (χ4n) is 1.96. The Morgan fingerprint density at radius 1 is 1.44 bits per heavy atom. The number of ether oxygens (including phenoxy) is 1. The lowest BCUT2D eigenvalue weighted by Crippen LogP contribution is -2.41. The lowest BCUT2D eigenvalue weighted by Gasteiger charge is -2.32. The Hall–Kier alpha value is -0.280.